The number of hydrogen-bond acceptors (Lipinski definition) is 5. The lowest BCUT2D eigenvalue weighted by molar-refractivity contribution is -0.144. The first kappa shape index (κ1) is 28.9. The summed E-state index contributed by atoms with van der Waals surface area (Å²) in [6, 6.07) is 9.04. The van der Waals surface area contributed by atoms with Gasteiger partial charge >= 0.3 is 0 Å². The maximum Gasteiger partial charge on any atom is 0.247 e. The molecule has 7 nitrogen and oxygen atoms in total. The maximum atomic E-state index is 14.7. The van der Waals surface area contributed by atoms with Gasteiger partial charge in [-0.2, -0.15) is 0 Å². The number of aliphatic hydroxyl groups excluding tert-OH is 1. The first-order valence-electron chi connectivity index (χ1n) is 14.9. The molecule has 0 aromatic heterocycles. The van der Waals surface area contributed by atoms with Crippen molar-refractivity contribution in [3.63, 3.8) is 0 Å². The molecule has 1 N–H and O–H groups in total. The molecule has 1 aromatic rings. The van der Waals surface area contributed by atoms with Crippen LogP contribution in [0.25, 0.3) is 0 Å². The Labute approximate surface area is 242 Å². The molecule has 1 spiro atoms. The number of carbonyl (C=O) groups is 3. The lowest BCUT2D eigenvalue weighted by Crippen LogP contribution is -2.59. The second kappa shape index (κ2) is 12.1. The molecule has 0 radical (unpaired) electrons. The van der Waals surface area contributed by atoms with Gasteiger partial charge in [0.05, 0.1) is 16.6 Å². The Balaban J connectivity index is 1.55. The SMILES string of the molecule is C=CCN(C(=O)[C@@H]1[C@@H]2CC(C)C3(S2)C(C(=O)N(CC=C)C2CCCCC2)N(CCCO)C(=O)[C@H]13)c1ccccc1. The van der Waals surface area contributed by atoms with Gasteiger partial charge in [0.1, 0.15) is 6.04 Å². The van der Waals surface area contributed by atoms with Gasteiger partial charge in [0, 0.05) is 43.2 Å². The van der Waals surface area contributed by atoms with Gasteiger partial charge in [-0.3, -0.25) is 14.4 Å². The molecule has 1 saturated carbocycles. The number of benzene rings is 1. The van der Waals surface area contributed by atoms with Crippen molar-refractivity contribution in [1.29, 1.82) is 0 Å². The van der Waals surface area contributed by atoms with Crippen molar-refractivity contribution in [2.75, 3.05) is 31.1 Å². The van der Waals surface area contributed by atoms with Gasteiger partial charge in [-0.05, 0) is 43.7 Å². The quantitative estimate of drug-likeness (QED) is 0.406. The smallest absolute Gasteiger partial charge is 0.247 e. The number of nitrogens with zero attached hydrogens (tertiary/aromatic N) is 3. The summed E-state index contributed by atoms with van der Waals surface area (Å²) >= 11 is 1.71. The van der Waals surface area contributed by atoms with Gasteiger partial charge in [-0.1, -0.05) is 56.5 Å². The fraction of sp³-hybridized carbons (Fsp3) is 0.594. The molecule has 3 aliphatic heterocycles. The van der Waals surface area contributed by atoms with Crippen molar-refractivity contribution in [3.05, 3.63) is 55.6 Å². The number of amides is 3. The normalized spacial score (nSPS) is 31.2. The molecule has 1 aromatic carbocycles. The van der Waals surface area contributed by atoms with Crippen molar-refractivity contribution >= 4 is 35.2 Å². The second-order valence-corrected chi connectivity index (χ2v) is 13.4. The highest BCUT2D eigenvalue weighted by Crippen LogP contribution is 2.69. The third-order valence-corrected chi connectivity index (χ3v) is 11.7. The second-order valence-electron chi connectivity index (χ2n) is 11.8. The number of aliphatic hydroxyl groups is 1. The Hall–Kier alpha value is -2.58. The number of likely N-dealkylation sites (tertiary alicyclic amines) is 1. The largest absolute Gasteiger partial charge is 0.396 e. The van der Waals surface area contributed by atoms with E-state index in [2.05, 4.69) is 20.1 Å². The summed E-state index contributed by atoms with van der Waals surface area (Å²) in [4.78, 5) is 48.8. The van der Waals surface area contributed by atoms with E-state index in [1.54, 1.807) is 33.7 Å². The molecule has 40 heavy (non-hydrogen) atoms. The molecule has 4 fully saturated rings. The molecule has 8 heteroatoms. The lowest BCUT2D eigenvalue weighted by atomic mass is 9.65. The predicted octanol–water partition coefficient (Wildman–Crippen LogP) is 4.27. The van der Waals surface area contributed by atoms with Gasteiger partial charge in [0.15, 0.2) is 0 Å². The first-order chi connectivity index (χ1) is 19.4. The number of thioether (sulfide) groups is 1. The van der Waals surface area contributed by atoms with E-state index in [1.807, 2.05) is 35.2 Å². The number of carbonyl (C=O) groups excluding carboxylic acids is 3. The van der Waals surface area contributed by atoms with Gasteiger partial charge in [0.25, 0.3) is 0 Å². The molecule has 216 valence electrons. The minimum Gasteiger partial charge on any atom is -0.396 e. The van der Waals surface area contributed by atoms with E-state index in [0.29, 0.717) is 26.1 Å². The maximum absolute atomic E-state index is 14.7. The third kappa shape index (κ3) is 4.71. The fourth-order valence-electron chi connectivity index (χ4n) is 7.91. The van der Waals surface area contributed by atoms with Crippen molar-refractivity contribution in [2.24, 2.45) is 17.8 Å². The molecule has 4 aliphatic rings. The highest BCUT2D eigenvalue weighted by atomic mass is 32.2. The Kier molecular flexibility index (Phi) is 8.76. The van der Waals surface area contributed by atoms with Crippen LogP contribution in [0.5, 0.6) is 0 Å². The number of anilines is 1. The molecule has 1 aliphatic carbocycles. The van der Waals surface area contributed by atoms with Crippen molar-refractivity contribution in [2.45, 2.75) is 74.0 Å². The van der Waals surface area contributed by atoms with Crippen LogP contribution in [0.15, 0.2) is 55.6 Å². The Morgan fingerprint density at radius 2 is 1.80 bits per heavy atom. The van der Waals surface area contributed by atoms with Crippen LogP contribution >= 0.6 is 11.8 Å². The van der Waals surface area contributed by atoms with Gasteiger partial charge in [-0.25, -0.2) is 0 Å². The Morgan fingerprint density at radius 1 is 1.10 bits per heavy atom. The summed E-state index contributed by atoms with van der Waals surface area (Å²) in [7, 11) is 0. The van der Waals surface area contributed by atoms with E-state index in [9.17, 15) is 19.5 Å². The summed E-state index contributed by atoms with van der Waals surface area (Å²) in [5.41, 5.74) is 0.784. The highest BCUT2D eigenvalue weighted by molar-refractivity contribution is 8.02. The summed E-state index contributed by atoms with van der Waals surface area (Å²) in [6.07, 6.45) is 10.0. The highest BCUT2D eigenvalue weighted by Gasteiger charge is 2.76. The minimum absolute atomic E-state index is 0.0142. The summed E-state index contributed by atoms with van der Waals surface area (Å²) in [5, 5.41) is 9.67. The van der Waals surface area contributed by atoms with E-state index < -0.39 is 22.6 Å². The van der Waals surface area contributed by atoms with Crippen molar-refractivity contribution in [1.82, 2.24) is 9.80 Å². The van der Waals surface area contributed by atoms with E-state index in [1.165, 1.54) is 6.42 Å². The number of fused-ring (bicyclic) bond motifs is 1. The van der Waals surface area contributed by atoms with Crippen molar-refractivity contribution < 1.29 is 19.5 Å². The zero-order chi connectivity index (χ0) is 28.4. The van der Waals surface area contributed by atoms with Crippen LogP contribution in [-0.2, 0) is 14.4 Å². The third-order valence-electron chi connectivity index (χ3n) is 9.59. The van der Waals surface area contributed by atoms with Crippen LogP contribution in [0, 0.1) is 17.8 Å². The Bertz CT molecular complexity index is 1120. The van der Waals surface area contributed by atoms with E-state index >= 15 is 0 Å². The summed E-state index contributed by atoms with van der Waals surface area (Å²) < 4.78 is -0.667. The molecule has 3 unspecified atom stereocenters. The molecule has 5 rings (SSSR count). The summed E-state index contributed by atoms with van der Waals surface area (Å²) in [5.74, 6) is -1.17. The van der Waals surface area contributed by atoms with Crippen LogP contribution in [-0.4, -0.2) is 80.9 Å². The molecule has 2 bridgehead atoms. The topological polar surface area (TPSA) is 81.2 Å². The van der Waals surface area contributed by atoms with E-state index in [0.717, 1.165) is 37.8 Å². The van der Waals surface area contributed by atoms with Gasteiger partial charge in [0.2, 0.25) is 17.7 Å². The van der Waals surface area contributed by atoms with Crippen LogP contribution in [0.3, 0.4) is 0 Å². The van der Waals surface area contributed by atoms with Crippen LogP contribution in [0.2, 0.25) is 0 Å². The fourth-order valence-corrected chi connectivity index (χ4v) is 10.3. The summed E-state index contributed by atoms with van der Waals surface area (Å²) in [6.45, 7) is 11.0. The lowest BCUT2D eigenvalue weighted by Gasteiger charge is -2.43. The van der Waals surface area contributed by atoms with Gasteiger partial charge < -0.3 is 19.8 Å². The molecular formula is C32H43N3O4S. The minimum atomic E-state index is -0.667. The number of hydrogen-bond donors (Lipinski definition) is 1. The molecular weight excluding hydrogens is 522 g/mol. The zero-order valence-corrected chi connectivity index (χ0v) is 24.4. The first-order valence-corrected chi connectivity index (χ1v) is 15.8. The molecule has 3 saturated heterocycles. The van der Waals surface area contributed by atoms with Crippen LogP contribution in [0.4, 0.5) is 5.69 Å². The standard InChI is InChI=1S/C32H43N3O4S/c1-4-17-33(23-13-8-6-9-14-23)29(37)26-25-21-22(3)32(40-25)27(26)30(38)35(19-12-20-36)28(32)31(39)34(18-5-2)24-15-10-7-11-16-24/h4-6,8-9,13-14,22,24-28,36H,1-2,7,10-12,15-21H2,3H3/t22?,25-,26+,27-,28?,32?/m0/s1. The number of para-hydroxylation sites is 1. The monoisotopic (exact) mass is 565 g/mol. The average Bonchev–Trinajstić information content (AvgIpc) is 3.57. The number of rotatable bonds is 11. The zero-order valence-electron chi connectivity index (χ0n) is 23.6. The predicted molar refractivity (Wildman–Crippen MR) is 160 cm³/mol. The van der Waals surface area contributed by atoms with E-state index in [-0.39, 0.29) is 41.5 Å². The van der Waals surface area contributed by atoms with Crippen LogP contribution in [0.1, 0.15) is 51.9 Å². The molecule has 6 atom stereocenters. The molecule has 3 heterocycles. The van der Waals surface area contributed by atoms with Crippen molar-refractivity contribution in [3.8, 4) is 0 Å². The van der Waals surface area contributed by atoms with E-state index in [4.69, 9.17) is 0 Å². The van der Waals surface area contributed by atoms with Crippen LogP contribution < -0.4 is 4.90 Å². The van der Waals surface area contributed by atoms with Gasteiger partial charge in [-0.15, -0.1) is 24.9 Å². The molecule has 3 amide bonds. The Morgan fingerprint density at radius 3 is 2.45 bits per heavy atom. The average molecular weight is 566 g/mol.